The summed E-state index contributed by atoms with van der Waals surface area (Å²) in [5.74, 6) is 0.167. The van der Waals surface area contributed by atoms with Crippen molar-refractivity contribution in [2.45, 2.75) is 13.2 Å². The number of fused-ring (bicyclic) bond motifs is 1. The second-order valence-electron chi connectivity index (χ2n) is 3.07. The normalized spacial score (nSPS) is 13.7. The Morgan fingerprint density at radius 3 is 3.20 bits per heavy atom. The number of carbonyl (C=O) groups excluding carboxylic acids is 1. The third kappa shape index (κ3) is 2.03. The molecule has 0 bridgehead atoms. The van der Waals surface area contributed by atoms with Gasteiger partial charge in [-0.1, -0.05) is 0 Å². The second-order valence-corrected chi connectivity index (χ2v) is 3.07. The molecular formula is C10H8FNO3. The molecule has 15 heavy (non-hydrogen) atoms. The molecule has 0 fully saturated rings. The fourth-order valence-electron chi connectivity index (χ4n) is 1.38. The van der Waals surface area contributed by atoms with Crippen molar-refractivity contribution in [2.75, 3.05) is 6.79 Å². The zero-order valence-corrected chi connectivity index (χ0v) is 7.83. The van der Waals surface area contributed by atoms with Crippen LogP contribution in [0.4, 0.5) is 4.39 Å². The van der Waals surface area contributed by atoms with Gasteiger partial charge in [-0.05, 0) is 12.1 Å². The van der Waals surface area contributed by atoms with Crippen LogP contribution in [0.1, 0.15) is 11.1 Å². The van der Waals surface area contributed by atoms with E-state index in [2.05, 4.69) is 4.99 Å². The van der Waals surface area contributed by atoms with Gasteiger partial charge in [0, 0.05) is 11.1 Å². The van der Waals surface area contributed by atoms with E-state index >= 15 is 0 Å². The zero-order chi connectivity index (χ0) is 10.7. The average molecular weight is 209 g/mol. The maximum atomic E-state index is 13.4. The van der Waals surface area contributed by atoms with E-state index in [1.807, 2.05) is 0 Å². The molecular weight excluding hydrogens is 201 g/mol. The quantitative estimate of drug-likeness (QED) is 0.548. The highest BCUT2D eigenvalue weighted by atomic mass is 19.1. The number of ether oxygens (including phenoxy) is 2. The SMILES string of the molecule is O=C=NCc1cc2c(cc1F)COCO2. The van der Waals surface area contributed by atoms with Gasteiger partial charge in [0.2, 0.25) is 6.08 Å². The first kappa shape index (κ1) is 9.83. The summed E-state index contributed by atoms with van der Waals surface area (Å²) in [4.78, 5) is 13.2. The highest BCUT2D eigenvalue weighted by Crippen LogP contribution is 2.27. The van der Waals surface area contributed by atoms with Crippen LogP contribution in [0.15, 0.2) is 17.1 Å². The van der Waals surface area contributed by atoms with Crippen molar-refractivity contribution < 1.29 is 18.7 Å². The third-order valence-corrected chi connectivity index (χ3v) is 2.10. The van der Waals surface area contributed by atoms with Gasteiger partial charge < -0.3 is 9.47 Å². The largest absolute Gasteiger partial charge is 0.467 e. The van der Waals surface area contributed by atoms with E-state index in [-0.39, 0.29) is 13.3 Å². The number of nitrogens with zero attached hydrogens (tertiary/aromatic N) is 1. The molecule has 0 amide bonds. The van der Waals surface area contributed by atoms with Gasteiger partial charge in [0.15, 0.2) is 6.79 Å². The lowest BCUT2D eigenvalue weighted by Crippen LogP contribution is -2.12. The molecule has 2 rings (SSSR count). The number of hydrogen-bond donors (Lipinski definition) is 0. The van der Waals surface area contributed by atoms with Crippen LogP contribution in [0, 0.1) is 5.82 Å². The monoisotopic (exact) mass is 209 g/mol. The minimum absolute atomic E-state index is 0.0210. The standard InChI is InChI=1S/C10H8FNO3/c11-9-1-8-4-14-6-15-10(8)2-7(9)3-12-5-13/h1-2H,3-4,6H2. The van der Waals surface area contributed by atoms with Crippen molar-refractivity contribution in [1.29, 1.82) is 0 Å². The summed E-state index contributed by atoms with van der Waals surface area (Å²) in [5, 5.41) is 0. The van der Waals surface area contributed by atoms with Gasteiger partial charge in [-0.15, -0.1) is 0 Å². The smallest absolute Gasteiger partial charge is 0.235 e. The van der Waals surface area contributed by atoms with Crippen molar-refractivity contribution in [2.24, 2.45) is 4.99 Å². The Hall–Kier alpha value is -1.71. The van der Waals surface area contributed by atoms with Gasteiger partial charge in [0.1, 0.15) is 11.6 Å². The van der Waals surface area contributed by atoms with Crippen LogP contribution in [-0.2, 0) is 22.7 Å². The maximum Gasteiger partial charge on any atom is 0.235 e. The summed E-state index contributed by atoms with van der Waals surface area (Å²) in [7, 11) is 0. The fourth-order valence-corrected chi connectivity index (χ4v) is 1.38. The van der Waals surface area contributed by atoms with Gasteiger partial charge in [0.05, 0.1) is 13.2 Å². The summed E-state index contributed by atoms with van der Waals surface area (Å²) in [6.07, 6.45) is 1.37. The summed E-state index contributed by atoms with van der Waals surface area (Å²) in [6.45, 7) is 0.478. The summed E-state index contributed by atoms with van der Waals surface area (Å²) < 4.78 is 23.6. The minimum atomic E-state index is -0.415. The Kier molecular flexibility index (Phi) is 2.76. The molecule has 0 spiro atoms. The van der Waals surface area contributed by atoms with E-state index in [0.717, 1.165) is 0 Å². The molecule has 1 aromatic carbocycles. The van der Waals surface area contributed by atoms with Crippen LogP contribution >= 0.6 is 0 Å². The molecule has 0 aromatic heterocycles. The molecule has 0 aliphatic carbocycles. The topological polar surface area (TPSA) is 47.9 Å². The molecule has 0 saturated heterocycles. The van der Waals surface area contributed by atoms with Gasteiger partial charge in [-0.2, -0.15) is 0 Å². The Morgan fingerprint density at radius 2 is 2.40 bits per heavy atom. The molecule has 78 valence electrons. The van der Waals surface area contributed by atoms with E-state index in [0.29, 0.717) is 23.5 Å². The molecule has 1 aliphatic rings. The molecule has 1 heterocycles. The predicted octanol–water partition coefficient (Wildman–Crippen LogP) is 1.53. The number of rotatable bonds is 2. The van der Waals surface area contributed by atoms with Crippen LogP contribution < -0.4 is 4.74 Å². The van der Waals surface area contributed by atoms with E-state index in [4.69, 9.17) is 9.47 Å². The van der Waals surface area contributed by atoms with Gasteiger partial charge >= 0.3 is 0 Å². The van der Waals surface area contributed by atoms with E-state index < -0.39 is 5.82 Å². The van der Waals surface area contributed by atoms with E-state index in [1.165, 1.54) is 18.2 Å². The van der Waals surface area contributed by atoms with Crippen molar-refractivity contribution in [3.8, 4) is 5.75 Å². The lowest BCUT2D eigenvalue weighted by atomic mass is 10.1. The average Bonchev–Trinajstić information content (AvgIpc) is 2.26. The molecule has 0 radical (unpaired) electrons. The maximum absolute atomic E-state index is 13.4. The van der Waals surface area contributed by atoms with Crippen molar-refractivity contribution >= 4 is 6.08 Å². The van der Waals surface area contributed by atoms with Crippen LogP contribution in [0.25, 0.3) is 0 Å². The number of halogens is 1. The molecule has 4 nitrogen and oxygen atoms in total. The van der Waals surface area contributed by atoms with Gasteiger partial charge in [-0.3, -0.25) is 0 Å². The summed E-state index contributed by atoms with van der Waals surface area (Å²) >= 11 is 0. The number of benzene rings is 1. The summed E-state index contributed by atoms with van der Waals surface area (Å²) in [6, 6.07) is 2.87. The fraction of sp³-hybridized carbons (Fsp3) is 0.300. The Balaban J connectivity index is 2.35. The molecule has 0 atom stereocenters. The molecule has 0 N–H and O–H groups in total. The van der Waals surface area contributed by atoms with Crippen molar-refractivity contribution in [3.05, 3.63) is 29.1 Å². The Morgan fingerprint density at radius 1 is 1.53 bits per heavy atom. The number of hydrogen-bond acceptors (Lipinski definition) is 4. The lowest BCUT2D eigenvalue weighted by molar-refractivity contribution is -0.0166. The second kappa shape index (κ2) is 4.21. The van der Waals surface area contributed by atoms with Gasteiger partial charge in [-0.25, -0.2) is 14.2 Å². The van der Waals surface area contributed by atoms with Crippen molar-refractivity contribution in [3.63, 3.8) is 0 Å². The van der Waals surface area contributed by atoms with E-state index in [1.54, 1.807) is 0 Å². The third-order valence-electron chi connectivity index (χ3n) is 2.10. The first-order valence-electron chi connectivity index (χ1n) is 4.36. The predicted molar refractivity (Wildman–Crippen MR) is 48.5 cm³/mol. The van der Waals surface area contributed by atoms with Crippen LogP contribution in [0.3, 0.4) is 0 Å². The number of isocyanates is 1. The van der Waals surface area contributed by atoms with Crippen LogP contribution in [0.5, 0.6) is 5.75 Å². The number of aliphatic imine (C=N–C) groups is 1. The first-order chi connectivity index (χ1) is 7.31. The highest BCUT2D eigenvalue weighted by Gasteiger charge is 2.14. The molecule has 5 heteroatoms. The van der Waals surface area contributed by atoms with Crippen LogP contribution in [-0.4, -0.2) is 12.9 Å². The first-order valence-corrected chi connectivity index (χ1v) is 4.36. The minimum Gasteiger partial charge on any atom is -0.467 e. The zero-order valence-electron chi connectivity index (χ0n) is 7.83. The molecule has 0 unspecified atom stereocenters. The van der Waals surface area contributed by atoms with Gasteiger partial charge in [0.25, 0.3) is 0 Å². The molecule has 0 saturated carbocycles. The van der Waals surface area contributed by atoms with E-state index in [9.17, 15) is 9.18 Å². The Bertz CT molecular complexity index is 427. The Labute approximate surface area is 85.3 Å². The van der Waals surface area contributed by atoms with Crippen LogP contribution in [0.2, 0.25) is 0 Å². The molecule has 1 aromatic rings. The highest BCUT2D eigenvalue weighted by molar-refractivity contribution is 5.40. The lowest BCUT2D eigenvalue weighted by Gasteiger charge is -2.18. The summed E-state index contributed by atoms with van der Waals surface area (Å²) in [5.41, 5.74) is 0.983. The molecule has 1 aliphatic heterocycles. The van der Waals surface area contributed by atoms with Crippen molar-refractivity contribution in [1.82, 2.24) is 0 Å².